The second kappa shape index (κ2) is 7.01. The summed E-state index contributed by atoms with van der Waals surface area (Å²) >= 11 is 0. The average molecular weight is 194 g/mol. The number of allylic oxidation sites excluding steroid dienone is 5. The molecule has 0 saturated carbocycles. The van der Waals surface area contributed by atoms with Crippen molar-refractivity contribution in [1.29, 1.82) is 0 Å². The molecule has 0 rings (SSSR count). The lowest BCUT2D eigenvalue weighted by Gasteiger charge is -2.03. The summed E-state index contributed by atoms with van der Waals surface area (Å²) in [6, 6.07) is 0. The van der Waals surface area contributed by atoms with Gasteiger partial charge < -0.3 is 9.84 Å². The topological polar surface area (TPSA) is 29.5 Å². The number of ether oxygens (including phenoxy) is 1. The molecule has 2 heteroatoms. The fourth-order valence-electron chi connectivity index (χ4n) is 0.988. The van der Waals surface area contributed by atoms with Crippen molar-refractivity contribution in [2.45, 2.75) is 20.3 Å². The zero-order valence-electron chi connectivity index (χ0n) is 9.08. The monoisotopic (exact) mass is 194 g/mol. The summed E-state index contributed by atoms with van der Waals surface area (Å²) in [6.45, 7) is 7.44. The van der Waals surface area contributed by atoms with Crippen molar-refractivity contribution in [1.82, 2.24) is 0 Å². The predicted octanol–water partition coefficient (Wildman–Crippen LogP) is 3.50. The van der Waals surface area contributed by atoms with E-state index in [1.54, 1.807) is 18.2 Å². The molecule has 0 saturated heterocycles. The normalized spacial score (nSPS) is 14.1. The lowest BCUT2D eigenvalue weighted by Crippen LogP contribution is -1.90. The van der Waals surface area contributed by atoms with Gasteiger partial charge in [0, 0.05) is 0 Å². The van der Waals surface area contributed by atoms with E-state index in [-0.39, 0.29) is 5.76 Å². The second-order valence-electron chi connectivity index (χ2n) is 2.94. The van der Waals surface area contributed by atoms with Crippen LogP contribution in [0.2, 0.25) is 0 Å². The third-order valence-corrected chi connectivity index (χ3v) is 1.64. The molecular formula is C12H18O2. The number of aliphatic hydroxyl groups excluding tert-OH is 1. The number of hydrogen-bond donors (Lipinski definition) is 1. The van der Waals surface area contributed by atoms with Crippen molar-refractivity contribution >= 4 is 0 Å². The van der Waals surface area contributed by atoms with Gasteiger partial charge in [0.15, 0.2) is 11.5 Å². The van der Waals surface area contributed by atoms with Crippen molar-refractivity contribution in [2.75, 3.05) is 7.11 Å². The first-order chi connectivity index (χ1) is 6.65. The summed E-state index contributed by atoms with van der Waals surface area (Å²) in [7, 11) is 1.53. The highest BCUT2D eigenvalue weighted by Crippen LogP contribution is 2.11. The van der Waals surface area contributed by atoms with E-state index in [9.17, 15) is 5.11 Å². The Bertz CT molecular complexity index is 270. The highest BCUT2D eigenvalue weighted by Gasteiger charge is 1.99. The number of methoxy groups -OCH3 is 1. The Hall–Kier alpha value is -1.44. The lowest BCUT2D eigenvalue weighted by atomic mass is 10.2. The van der Waals surface area contributed by atoms with Crippen LogP contribution >= 0.6 is 0 Å². The molecule has 0 aromatic rings. The summed E-state index contributed by atoms with van der Waals surface area (Å²) in [6.07, 6.45) is 7.75. The van der Waals surface area contributed by atoms with Crippen molar-refractivity contribution in [3.8, 4) is 0 Å². The van der Waals surface area contributed by atoms with Crippen molar-refractivity contribution in [3.05, 3.63) is 48.0 Å². The number of rotatable bonds is 5. The van der Waals surface area contributed by atoms with Gasteiger partial charge in [-0.15, -0.1) is 6.58 Å². The Balaban J connectivity index is 4.80. The zero-order valence-corrected chi connectivity index (χ0v) is 9.08. The molecule has 78 valence electrons. The summed E-state index contributed by atoms with van der Waals surface area (Å²) in [5, 5.41) is 9.52. The van der Waals surface area contributed by atoms with Crippen LogP contribution in [-0.4, -0.2) is 12.2 Å². The molecule has 0 spiro atoms. The third kappa shape index (κ3) is 4.55. The Labute approximate surface area is 85.9 Å². The first-order valence-corrected chi connectivity index (χ1v) is 4.53. The minimum atomic E-state index is 0.137. The number of aliphatic hydroxyl groups is 1. The van der Waals surface area contributed by atoms with E-state index in [0.29, 0.717) is 5.76 Å². The van der Waals surface area contributed by atoms with Gasteiger partial charge in [-0.3, -0.25) is 0 Å². The maximum atomic E-state index is 9.52. The Morgan fingerprint density at radius 2 is 2.14 bits per heavy atom. The number of hydrogen-bond acceptors (Lipinski definition) is 2. The minimum Gasteiger partial charge on any atom is -0.504 e. The van der Waals surface area contributed by atoms with Crippen molar-refractivity contribution < 1.29 is 9.84 Å². The summed E-state index contributed by atoms with van der Waals surface area (Å²) < 4.78 is 5.05. The van der Waals surface area contributed by atoms with Gasteiger partial charge in [0.2, 0.25) is 0 Å². The van der Waals surface area contributed by atoms with Crippen LogP contribution in [0.4, 0.5) is 0 Å². The molecule has 0 unspecified atom stereocenters. The predicted molar refractivity (Wildman–Crippen MR) is 60.0 cm³/mol. The van der Waals surface area contributed by atoms with Gasteiger partial charge >= 0.3 is 0 Å². The molecule has 0 aromatic heterocycles. The van der Waals surface area contributed by atoms with E-state index in [1.165, 1.54) is 7.11 Å². The Morgan fingerprint density at radius 1 is 1.50 bits per heavy atom. The quantitative estimate of drug-likeness (QED) is 0.412. The van der Waals surface area contributed by atoms with Crippen LogP contribution in [0.3, 0.4) is 0 Å². The van der Waals surface area contributed by atoms with E-state index in [1.807, 2.05) is 19.9 Å². The molecule has 1 N–H and O–H groups in total. The van der Waals surface area contributed by atoms with Crippen LogP contribution in [0.1, 0.15) is 20.3 Å². The van der Waals surface area contributed by atoms with Crippen LogP contribution < -0.4 is 0 Å². The van der Waals surface area contributed by atoms with Crippen molar-refractivity contribution in [2.24, 2.45) is 0 Å². The first-order valence-electron chi connectivity index (χ1n) is 4.53. The van der Waals surface area contributed by atoms with Gasteiger partial charge in [-0.25, -0.2) is 0 Å². The van der Waals surface area contributed by atoms with Crippen molar-refractivity contribution in [3.63, 3.8) is 0 Å². The summed E-state index contributed by atoms with van der Waals surface area (Å²) in [5.41, 5.74) is 1.09. The molecule has 0 aliphatic rings. The highest BCUT2D eigenvalue weighted by atomic mass is 16.5. The van der Waals surface area contributed by atoms with E-state index in [2.05, 4.69) is 6.58 Å². The minimum absolute atomic E-state index is 0.137. The lowest BCUT2D eigenvalue weighted by molar-refractivity contribution is 0.274. The van der Waals surface area contributed by atoms with Gasteiger partial charge in [-0.05, 0) is 32.4 Å². The molecular weight excluding hydrogens is 176 g/mol. The maximum absolute atomic E-state index is 9.52. The molecule has 0 atom stereocenters. The smallest absolute Gasteiger partial charge is 0.160 e. The van der Waals surface area contributed by atoms with Crippen LogP contribution in [0.25, 0.3) is 0 Å². The molecule has 0 aliphatic heterocycles. The molecule has 0 amide bonds. The van der Waals surface area contributed by atoms with E-state index in [4.69, 9.17) is 4.74 Å². The van der Waals surface area contributed by atoms with E-state index < -0.39 is 0 Å². The average Bonchev–Trinajstić information content (AvgIpc) is 2.15. The van der Waals surface area contributed by atoms with Crippen LogP contribution in [0, 0.1) is 0 Å². The Morgan fingerprint density at radius 3 is 2.57 bits per heavy atom. The second-order valence-corrected chi connectivity index (χ2v) is 2.94. The fraction of sp³-hybridized carbons (Fsp3) is 0.333. The molecule has 0 aromatic carbocycles. The third-order valence-electron chi connectivity index (χ3n) is 1.64. The molecule has 0 fully saturated rings. The molecule has 0 heterocycles. The van der Waals surface area contributed by atoms with Gasteiger partial charge in [-0.1, -0.05) is 17.7 Å². The van der Waals surface area contributed by atoms with Gasteiger partial charge in [0.05, 0.1) is 7.11 Å². The fourth-order valence-corrected chi connectivity index (χ4v) is 0.988. The van der Waals surface area contributed by atoms with Crippen LogP contribution in [0.5, 0.6) is 0 Å². The standard InChI is InChI=1S/C12H18O2/c1-5-7-10(3)9-12(14-4)11(13)8-6-2/h5-6,8-9,13H,1,7H2,2-4H3/b8-6-,10-9+,12-11-. The van der Waals surface area contributed by atoms with Crippen LogP contribution in [0.15, 0.2) is 48.0 Å². The molecule has 2 nitrogen and oxygen atoms in total. The highest BCUT2D eigenvalue weighted by molar-refractivity contribution is 5.26. The molecule has 0 radical (unpaired) electrons. The molecule has 14 heavy (non-hydrogen) atoms. The van der Waals surface area contributed by atoms with Crippen LogP contribution in [-0.2, 0) is 4.74 Å². The maximum Gasteiger partial charge on any atom is 0.160 e. The largest absolute Gasteiger partial charge is 0.504 e. The molecule has 0 aliphatic carbocycles. The van der Waals surface area contributed by atoms with E-state index >= 15 is 0 Å². The Kier molecular flexibility index (Phi) is 6.29. The summed E-state index contributed by atoms with van der Waals surface area (Å²) in [5.74, 6) is 0.612. The van der Waals surface area contributed by atoms with Gasteiger partial charge in [0.1, 0.15) is 0 Å². The first kappa shape index (κ1) is 12.6. The van der Waals surface area contributed by atoms with E-state index in [0.717, 1.165) is 12.0 Å². The zero-order chi connectivity index (χ0) is 11.0. The van der Waals surface area contributed by atoms with Gasteiger partial charge in [-0.2, -0.15) is 0 Å². The SMILES string of the molecule is C=CC/C(C)=C/C(OC)=C(O)\C=C/C. The summed E-state index contributed by atoms with van der Waals surface area (Å²) in [4.78, 5) is 0. The van der Waals surface area contributed by atoms with Gasteiger partial charge in [0.25, 0.3) is 0 Å². The molecule has 0 bridgehead atoms.